The van der Waals surface area contributed by atoms with Crippen molar-refractivity contribution in [1.29, 1.82) is 0 Å². The van der Waals surface area contributed by atoms with Gasteiger partial charge < -0.3 is 9.30 Å². The van der Waals surface area contributed by atoms with Gasteiger partial charge in [-0.15, -0.1) is 0 Å². The number of amides is 1. The van der Waals surface area contributed by atoms with Crippen LogP contribution in [-0.4, -0.2) is 16.7 Å². The highest BCUT2D eigenvalue weighted by Gasteiger charge is 2.11. The molecule has 0 saturated carbocycles. The number of para-hydroxylation sites is 1. The third kappa shape index (κ3) is 5.21. The first kappa shape index (κ1) is 20.4. The highest BCUT2D eigenvalue weighted by molar-refractivity contribution is 6.31. The fraction of sp³-hybridized carbons (Fsp3) is 0.0400. The number of carbonyl (C=O) groups is 1. The van der Waals surface area contributed by atoms with Gasteiger partial charge >= 0.3 is 0 Å². The lowest BCUT2D eigenvalue weighted by Gasteiger charge is -2.09. The lowest BCUT2D eigenvalue weighted by molar-refractivity contribution is 0.0955. The summed E-state index contributed by atoms with van der Waals surface area (Å²) in [5, 5.41) is 4.77. The van der Waals surface area contributed by atoms with Gasteiger partial charge in [-0.25, -0.2) is 5.43 Å². The van der Waals surface area contributed by atoms with Gasteiger partial charge in [-0.3, -0.25) is 4.79 Å². The number of nitrogens with one attached hydrogen (secondary N) is 1. The fourth-order valence-corrected chi connectivity index (χ4v) is 3.26. The Morgan fingerprint density at radius 1 is 0.968 bits per heavy atom. The largest absolute Gasteiger partial charge is 0.489 e. The smallest absolute Gasteiger partial charge is 0.273 e. The third-order valence-corrected chi connectivity index (χ3v) is 4.99. The first-order chi connectivity index (χ1) is 15.2. The number of rotatable bonds is 7. The number of nitrogens with zero attached hydrogens (tertiary/aromatic N) is 2. The molecule has 3 aromatic carbocycles. The molecule has 1 N–H and O–H groups in total. The van der Waals surface area contributed by atoms with Gasteiger partial charge in [0, 0.05) is 23.0 Å². The number of carbonyl (C=O) groups excluding carboxylic acids is 1. The molecule has 0 spiro atoms. The van der Waals surface area contributed by atoms with E-state index in [9.17, 15) is 4.79 Å². The topological polar surface area (TPSA) is 55.6 Å². The predicted octanol–water partition coefficient (Wildman–Crippen LogP) is 5.47. The standard InChI is InChI=1S/C25H20ClN3O2/c26-23-12-3-1-9-20(23)18-31-21-10-7-8-19(16-21)17-27-28-25(30)22-11-2-4-13-24(22)29-14-5-6-15-29/h1-17H,18H2,(H,28,30)/b27-17-. The molecule has 1 aromatic heterocycles. The Labute approximate surface area is 185 Å². The van der Waals surface area contributed by atoms with E-state index in [2.05, 4.69) is 10.5 Å². The average Bonchev–Trinajstić information content (AvgIpc) is 3.34. The fourth-order valence-electron chi connectivity index (χ4n) is 3.07. The summed E-state index contributed by atoms with van der Waals surface area (Å²) in [6.45, 7) is 0.368. The van der Waals surface area contributed by atoms with E-state index < -0.39 is 0 Å². The van der Waals surface area contributed by atoms with Crippen LogP contribution >= 0.6 is 11.6 Å². The molecule has 6 heteroatoms. The van der Waals surface area contributed by atoms with Crippen LogP contribution in [0, 0.1) is 0 Å². The number of hydrogen-bond acceptors (Lipinski definition) is 3. The number of halogens is 1. The Morgan fingerprint density at radius 3 is 2.58 bits per heavy atom. The molecule has 4 rings (SSSR count). The molecule has 0 radical (unpaired) electrons. The zero-order chi connectivity index (χ0) is 21.5. The van der Waals surface area contributed by atoms with E-state index in [1.807, 2.05) is 95.8 Å². The normalized spacial score (nSPS) is 10.9. The Balaban J connectivity index is 1.40. The second kappa shape index (κ2) is 9.78. The maximum Gasteiger partial charge on any atom is 0.273 e. The van der Waals surface area contributed by atoms with E-state index in [1.165, 1.54) is 0 Å². The molecule has 4 aromatic rings. The maximum atomic E-state index is 12.6. The second-order valence-electron chi connectivity index (χ2n) is 6.76. The molecule has 0 bridgehead atoms. The molecule has 0 atom stereocenters. The Bertz CT molecular complexity index is 1200. The lowest BCUT2D eigenvalue weighted by atomic mass is 10.1. The van der Waals surface area contributed by atoms with Crippen LogP contribution in [0.25, 0.3) is 5.69 Å². The van der Waals surface area contributed by atoms with Gasteiger partial charge in [0.15, 0.2) is 0 Å². The van der Waals surface area contributed by atoms with E-state index in [4.69, 9.17) is 16.3 Å². The Morgan fingerprint density at radius 2 is 1.74 bits per heavy atom. The van der Waals surface area contributed by atoms with E-state index >= 15 is 0 Å². The minimum Gasteiger partial charge on any atom is -0.489 e. The van der Waals surface area contributed by atoms with Crippen molar-refractivity contribution < 1.29 is 9.53 Å². The molecule has 0 aliphatic rings. The third-order valence-electron chi connectivity index (χ3n) is 4.62. The van der Waals surface area contributed by atoms with Crippen molar-refractivity contribution in [2.24, 2.45) is 5.10 Å². The van der Waals surface area contributed by atoms with Gasteiger partial charge in [0.1, 0.15) is 12.4 Å². The minimum absolute atomic E-state index is 0.285. The highest BCUT2D eigenvalue weighted by Crippen LogP contribution is 2.19. The predicted molar refractivity (Wildman–Crippen MR) is 123 cm³/mol. The average molecular weight is 430 g/mol. The van der Waals surface area contributed by atoms with E-state index in [0.29, 0.717) is 22.9 Å². The molecule has 154 valence electrons. The van der Waals surface area contributed by atoms with Crippen molar-refractivity contribution in [2.45, 2.75) is 6.61 Å². The van der Waals surface area contributed by atoms with E-state index in [0.717, 1.165) is 16.8 Å². The maximum absolute atomic E-state index is 12.6. The molecule has 0 unspecified atom stereocenters. The first-order valence-electron chi connectivity index (χ1n) is 9.73. The zero-order valence-electron chi connectivity index (χ0n) is 16.6. The number of benzene rings is 3. The minimum atomic E-state index is -0.285. The van der Waals surface area contributed by atoms with Crippen LogP contribution in [0.1, 0.15) is 21.5 Å². The molecule has 0 aliphatic carbocycles. The van der Waals surface area contributed by atoms with Gasteiger partial charge in [-0.05, 0) is 48.0 Å². The summed E-state index contributed by atoms with van der Waals surface area (Å²) in [6, 6.07) is 26.2. The summed E-state index contributed by atoms with van der Waals surface area (Å²) in [5.74, 6) is 0.403. The van der Waals surface area contributed by atoms with E-state index in [-0.39, 0.29) is 5.91 Å². The van der Waals surface area contributed by atoms with Crippen LogP contribution in [0.2, 0.25) is 5.02 Å². The quantitative estimate of drug-likeness (QED) is 0.312. The number of aromatic nitrogens is 1. The van der Waals surface area contributed by atoms with Crippen LogP contribution in [-0.2, 0) is 6.61 Å². The molecule has 31 heavy (non-hydrogen) atoms. The number of ether oxygens (including phenoxy) is 1. The Kier molecular flexibility index (Phi) is 6.45. The second-order valence-corrected chi connectivity index (χ2v) is 7.17. The van der Waals surface area contributed by atoms with E-state index in [1.54, 1.807) is 12.3 Å². The molecule has 0 saturated heterocycles. The monoisotopic (exact) mass is 429 g/mol. The zero-order valence-corrected chi connectivity index (χ0v) is 17.4. The summed E-state index contributed by atoms with van der Waals surface area (Å²) in [5.41, 5.74) is 5.63. The van der Waals surface area contributed by atoms with Crippen molar-refractivity contribution in [3.63, 3.8) is 0 Å². The van der Waals surface area contributed by atoms with Crippen molar-refractivity contribution >= 4 is 23.7 Å². The van der Waals surface area contributed by atoms with Crippen LogP contribution < -0.4 is 10.2 Å². The molecule has 0 fully saturated rings. The van der Waals surface area contributed by atoms with Crippen molar-refractivity contribution in [2.75, 3.05) is 0 Å². The summed E-state index contributed by atoms with van der Waals surface area (Å²) >= 11 is 6.17. The van der Waals surface area contributed by atoms with Gasteiger partial charge in [-0.1, -0.05) is 54.1 Å². The van der Waals surface area contributed by atoms with Gasteiger partial charge in [0.05, 0.1) is 17.5 Å². The van der Waals surface area contributed by atoms with Gasteiger partial charge in [-0.2, -0.15) is 5.10 Å². The van der Waals surface area contributed by atoms with Crippen molar-refractivity contribution in [3.8, 4) is 11.4 Å². The molecule has 0 aliphatic heterocycles. The summed E-state index contributed by atoms with van der Waals surface area (Å²) < 4.78 is 7.72. The molecular weight excluding hydrogens is 410 g/mol. The van der Waals surface area contributed by atoms with Crippen LogP contribution in [0.5, 0.6) is 5.75 Å². The summed E-state index contributed by atoms with van der Waals surface area (Å²) in [6.07, 6.45) is 5.37. The molecule has 1 heterocycles. The van der Waals surface area contributed by atoms with Crippen LogP contribution in [0.4, 0.5) is 0 Å². The van der Waals surface area contributed by atoms with Crippen molar-refractivity contribution in [3.05, 3.63) is 119 Å². The van der Waals surface area contributed by atoms with Gasteiger partial charge in [0.25, 0.3) is 5.91 Å². The SMILES string of the molecule is O=C(N/N=C\c1cccc(OCc2ccccc2Cl)c1)c1ccccc1-n1cccc1. The first-order valence-corrected chi connectivity index (χ1v) is 10.1. The Hall–Kier alpha value is -3.83. The summed E-state index contributed by atoms with van der Waals surface area (Å²) in [7, 11) is 0. The van der Waals surface area contributed by atoms with Gasteiger partial charge in [0.2, 0.25) is 0 Å². The highest BCUT2D eigenvalue weighted by atomic mass is 35.5. The van der Waals surface area contributed by atoms with Crippen molar-refractivity contribution in [1.82, 2.24) is 9.99 Å². The molecule has 1 amide bonds. The van der Waals surface area contributed by atoms with Crippen LogP contribution in [0.15, 0.2) is 102 Å². The number of hydrogen-bond donors (Lipinski definition) is 1. The van der Waals surface area contributed by atoms with Crippen LogP contribution in [0.3, 0.4) is 0 Å². The lowest BCUT2D eigenvalue weighted by Crippen LogP contribution is -2.19. The number of hydrazone groups is 1. The molecular formula is C25H20ClN3O2. The summed E-state index contributed by atoms with van der Waals surface area (Å²) in [4.78, 5) is 12.6. The molecule has 5 nitrogen and oxygen atoms in total.